The fraction of sp³-hybridized carbons (Fsp3) is 1.00. The van der Waals surface area contributed by atoms with E-state index >= 15 is 0 Å². The zero-order valence-electron chi connectivity index (χ0n) is 14.3. The minimum absolute atomic E-state index is 0.645. The van der Waals surface area contributed by atoms with Crippen LogP contribution in [0.15, 0.2) is 0 Å². The molecule has 0 spiro atoms. The van der Waals surface area contributed by atoms with E-state index in [1.54, 1.807) is 0 Å². The first-order valence-electron chi connectivity index (χ1n) is 8.48. The van der Waals surface area contributed by atoms with Crippen LogP contribution in [0.25, 0.3) is 0 Å². The first-order valence-corrected chi connectivity index (χ1v) is 8.48. The fourth-order valence-electron chi connectivity index (χ4n) is 2.71. The Morgan fingerprint density at radius 1 is 0.842 bits per heavy atom. The Labute approximate surface area is 122 Å². The van der Waals surface area contributed by atoms with E-state index in [4.69, 9.17) is 0 Å². The second-order valence-electron chi connectivity index (χ2n) is 6.48. The number of nitrogens with zero attached hydrogens (tertiary/aromatic N) is 1. The molecule has 0 amide bonds. The lowest BCUT2D eigenvalue weighted by Gasteiger charge is -2.31. The summed E-state index contributed by atoms with van der Waals surface area (Å²) in [5.41, 5.74) is 0. The molecule has 116 valence electrons. The monoisotopic (exact) mass is 270 g/mol. The number of hydrogen-bond donors (Lipinski definition) is 1. The molecule has 0 saturated carbocycles. The topological polar surface area (TPSA) is 15.3 Å². The van der Waals surface area contributed by atoms with Crippen LogP contribution in [-0.2, 0) is 0 Å². The summed E-state index contributed by atoms with van der Waals surface area (Å²) in [6.45, 7) is 16.0. The van der Waals surface area contributed by atoms with Gasteiger partial charge in [0.1, 0.15) is 0 Å². The number of nitrogens with one attached hydrogen (secondary N) is 1. The minimum Gasteiger partial charge on any atom is -0.313 e. The van der Waals surface area contributed by atoms with E-state index < -0.39 is 0 Å². The minimum atomic E-state index is 0.645. The van der Waals surface area contributed by atoms with Gasteiger partial charge in [-0.1, -0.05) is 39.0 Å². The van der Waals surface area contributed by atoms with E-state index in [1.165, 1.54) is 38.5 Å². The van der Waals surface area contributed by atoms with Crippen molar-refractivity contribution in [1.82, 2.24) is 10.2 Å². The number of hydrogen-bond acceptors (Lipinski definition) is 2. The molecular weight excluding hydrogens is 232 g/mol. The smallest absolute Gasteiger partial charge is 0.0112 e. The van der Waals surface area contributed by atoms with Crippen molar-refractivity contribution in [2.45, 2.75) is 98.2 Å². The largest absolute Gasteiger partial charge is 0.313 e. The molecule has 1 N–H and O–H groups in total. The molecule has 19 heavy (non-hydrogen) atoms. The van der Waals surface area contributed by atoms with Crippen LogP contribution in [-0.4, -0.2) is 36.1 Å². The number of rotatable bonds is 12. The molecule has 0 aromatic carbocycles. The summed E-state index contributed by atoms with van der Waals surface area (Å²) in [7, 11) is 0. The molecule has 1 unspecified atom stereocenters. The Morgan fingerprint density at radius 3 is 1.95 bits per heavy atom. The zero-order valence-corrected chi connectivity index (χ0v) is 14.3. The SMILES string of the molecule is CCCCCCCC(C)NCCN(C(C)C)C(C)C. The van der Waals surface area contributed by atoms with Crippen LogP contribution in [0.1, 0.15) is 80.1 Å². The van der Waals surface area contributed by atoms with Gasteiger partial charge in [0.15, 0.2) is 0 Å². The van der Waals surface area contributed by atoms with Gasteiger partial charge in [-0.05, 0) is 41.0 Å². The van der Waals surface area contributed by atoms with Crippen molar-refractivity contribution in [3.05, 3.63) is 0 Å². The van der Waals surface area contributed by atoms with Crippen molar-refractivity contribution in [3.63, 3.8) is 0 Å². The van der Waals surface area contributed by atoms with E-state index in [0.29, 0.717) is 18.1 Å². The Kier molecular flexibility index (Phi) is 11.7. The second-order valence-corrected chi connectivity index (χ2v) is 6.48. The lowest BCUT2D eigenvalue weighted by molar-refractivity contribution is 0.174. The molecule has 0 aliphatic rings. The first-order chi connectivity index (χ1) is 8.99. The summed E-state index contributed by atoms with van der Waals surface area (Å²) in [5, 5.41) is 3.67. The molecule has 0 aliphatic carbocycles. The highest BCUT2D eigenvalue weighted by molar-refractivity contribution is 4.70. The molecule has 0 aliphatic heterocycles. The highest BCUT2D eigenvalue weighted by Crippen LogP contribution is 2.07. The van der Waals surface area contributed by atoms with E-state index in [9.17, 15) is 0 Å². The average Bonchev–Trinajstić information content (AvgIpc) is 2.33. The van der Waals surface area contributed by atoms with Crippen molar-refractivity contribution in [3.8, 4) is 0 Å². The summed E-state index contributed by atoms with van der Waals surface area (Å²) >= 11 is 0. The van der Waals surface area contributed by atoms with E-state index in [0.717, 1.165) is 13.1 Å². The highest BCUT2D eigenvalue weighted by Gasteiger charge is 2.12. The van der Waals surface area contributed by atoms with Crippen molar-refractivity contribution < 1.29 is 0 Å². The quantitative estimate of drug-likeness (QED) is 0.527. The van der Waals surface area contributed by atoms with Crippen molar-refractivity contribution >= 4 is 0 Å². The first kappa shape index (κ1) is 18.9. The van der Waals surface area contributed by atoms with Crippen molar-refractivity contribution in [1.29, 1.82) is 0 Å². The molecule has 0 rings (SSSR count). The maximum Gasteiger partial charge on any atom is 0.0112 e. The maximum atomic E-state index is 3.67. The Morgan fingerprint density at radius 2 is 1.42 bits per heavy atom. The van der Waals surface area contributed by atoms with Gasteiger partial charge in [0.25, 0.3) is 0 Å². The molecular formula is C17H38N2. The standard InChI is InChI=1S/C17H38N2/c1-7-8-9-10-11-12-17(6)18-13-14-19(15(2)3)16(4)5/h15-18H,7-14H2,1-6H3. The molecule has 0 radical (unpaired) electrons. The van der Waals surface area contributed by atoms with E-state index in [-0.39, 0.29) is 0 Å². The molecule has 0 saturated heterocycles. The van der Waals surface area contributed by atoms with Gasteiger partial charge in [-0.25, -0.2) is 0 Å². The van der Waals surface area contributed by atoms with Crippen LogP contribution in [0.3, 0.4) is 0 Å². The molecule has 0 aromatic heterocycles. The van der Waals surface area contributed by atoms with Crippen LogP contribution >= 0.6 is 0 Å². The van der Waals surface area contributed by atoms with Crippen molar-refractivity contribution in [2.24, 2.45) is 0 Å². The summed E-state index contributed by atoms with van der Waals surface area (Å²) in [5.74, 6) is 0. The molecule has 0 fully saturated rings. The van der Waals surface area contributed by atoms with Gasteiger partial charge in [-0.2, -0.15) is 0 Å². The maximum absolute atomic E-state index is 3.67. The van der Waals surface area contributed by atoms with Gasteiger partial charge in [0.2, 0.25) is 0 Å². The third kappa shape index (κ3) is 10.4. The Bertz CT molecular complexity index is 182. The molecule has 0 bridgehead atoms. The molecule has 2 nitrogen and oxygen atoms in total. The predicted octanol–water partition coefficient (Wildman–Crippen LogP) is 4.44. The van der Waals surface area contributed by atoms with Crippen molar-refractivity contribution in [2.75, 3.05) is 13.1 Å². The third-order valence-electron chi connectivity index (χ3n) is 3.93. The van der Waals surface area contributed by atoms with Gasteiger partial charge >= 0.3 is 0 Å². The summed E-state index contributed by atoms with van der Waals surface area (Å²) in [6, 6.07) is 1.96. The highest BCUT2D eigenvalue weighted by atomic mass is 15.2. The Balaban J connectivity index is 3.58. The lowest BCUT2D eigenvalue weighted by atomic mass is 10.1. The van der Waals surface area contributed by atoms with Crippen LogP contribution in [0, 0.1) is 0 Å². The fourth-order valence-corrected chi connectivity index (χ4v) is 2.71. The summed E-state index contributed by atoms with van der Waals surface area (Å²) < 4.78 is 0. The normalized spacial score (nSPS) is 13.7. The Hall–Kier alpha value is -0.0800. The van der Waals surface area contributed by atoms with Gasteiger partial charge in [0.05, 0.1) is 0 Å². The third-order valence-corrected chi connectivity index (χ3v) is 3.93. The predicted molar refractivity (Wildman–Crippen MR) is 87.8 cm³/mol. The summed E-state index contributed by atoms with van der Waals surface area (Å²) in [6.07, 6.45) is 8.27. The average molecular weight is 271 g/mol. The van der Waals surface area contributed by atoms with Gasteiger partial charge < -0.3 is 5.32 Å². The van der Waals surface area contributed by atoms with E-state index in [1.807, 2.05) is 0 Å². The van der Waals surface area contributed by atoms with Gasteiger partial charge in [0, 0.05) is 31.2 Å². The van der Waals surface area contributed by atoms with E-state index in [2.05, 4.69) is 51.8 Å². The van der Waals surface area contributed by atoms with Gasteiger partial charge in [-0.15, -0.1) is 0 Å². The second kappa shape index (κ2) is 11.7. The molecule has 0 aromatic rings. The number of unbranched alkanes of at least 4 members (excludes halogenated alkanes) is 4. The van der Waals surface area contributed by atoms with Crippen LogP contribution in [0.4, 0.5) is 0 Å². The zero-order chi connectivity index (χ0) is 14.7. The lowest BCUT2D eigenvalue weighted by Crippen LogP contribution is -2.42. The van der Waals surface area contributed by atoms with Crippen LogP contribution in [0.5, 0.6) is 0 Å². The van der Waals surface area contributed by atoms with Gasteiger partial charge in [-0.3, -0.25) is 4.90 Å². The molecule has 0 heterocycles. The van der Waals surface area contributed by atoms with Crippen LogP contribution in [0.2, 0.25) is 0 Å². The molecule has 1 atom stereocenters. The molecule has 2 heteroatoms. The summed E-state index contributed by atoms with van der Waals surface area (Å²) in [4.78, 5) is 2.56. The van der Waals surface area contributed by atoms with Crippen LogP contribution < -0.4 is 5.32 Å².